The molecule has 4 atom stereocenters. The molecule has 2 aromatic carbocycles. The van der Waals surface area contributed by atoms with E-state index >= 15 is 0 Å². The molecule has 4 unspecified atom stereocenters. The predicted octanol–water partition coefficient (Wildman–Crippen LogP) is -2.03. The number of aliphatic carboxylic acids is 1. The summed E-state index contributed by atoms with van der Waals surface area (Å²) in [4.78, 5) is 66.7. The number of hydrogen-bond donors (Lipinski definition) is 9. The Kier molecular flexibility index (Phi) is 13.4. The molecule has 15 heteroatoms. The molecule has 13 N–H and O–H groups in total. The van der Waals surface area contributed by atoms with Crippen LogP contribution in [0.3, 0.4) is 0 Å². The number of primary amides is 1. The zero-order valence-electron chi connectivity index (χ0n) is 23.4. The number of aliphatic imine (C=N–C) groups is 1. The zero-order chi connectivity index (χ0) is 31.9. The van der Waals surface area contributed by atoms with Gasteiger partial charge in [0, 0.05) is 13.0 Å². The van der Waals surface area contributed by atoms with Crippen LogP contribution in [0.1, 0.15) is 30.4 Å². The number of nitrogens with zero attached hydrogens (tertiary/aromatic N) is 1. The minimum atomic E-state index is -1.55. The second-order valence-electron chi connectivity index (χ2n) is 9.81. The zero-order valence-corrected chi connectivity index (χ0v) is 23.4. The largest absolute Gasteiger partial charge is 0.508 e. The van der Waals surface area contributed by atoms with Crippen LogP contribution in [-0.4, -0.2) is 76.5 Å². The van der Waals surface area contributed by atoms with Gasteiger partial charge >= 0.3 is 5.97 Å². The maximum absolute atomic E-state index is 13.4. The molecule has 0 saturated heterocycles. The van der Waals surface area contributed by atoms with Crippen LogP contribution in [-0.2, 0) is 36.8 Å². The molecule has 0 fully saturated rings. The molecule has 15 nitrogen and oxygen atoms in total. The molecule has 0 aliphatic carbocycles. The van der Waals surface area contributed by atoms with Crippen LogP contribution in [0.4, 0.5) is 0 Å². The number of phenols is 1. The van der Waals surface area contributed by atoms with Gasteiger partial charge in [0.25, 0.3) is 0 Å². The first-order chi connectivity index (χ1) is 20.3. The molecule has 0 radical (unpaired) electrons. The predicted molar refractivity (Wildman–Crippen MR) is 157 cm³/mol. The van der Waals surface area contributed by atoms with Gasteiger partial charge in [-0.15, -0.1) is 0 Å². The Hall–Kier alpha value is -5.18. The number of amides is 4. The number of benzene rings is 2. The van der Waals surface area contributed by atoms with E-state index in [1.807, 2.05) is 6.07 Å². The number of rotatable bonds is 17. The highest BCUT2D eigenvalue weighted by molar-refractivity contribution is 5.96. The summed E-state index contributed by atoms with van der Waals surface area (Å²) in [5.41, 5.74) is 23.3. The summed E-state index contributed by atoms with van der Waals surface area (Å²) < 4.78 is 0. The van der Waals surface area contributed by atoms with Gasteiger partial charge in [-0.1, -0.05) is 42.5 Å². The summed E-state index contributed by atoms with van der Waals surface area (Å²) in [7, 11) is 0. The van der Waals surface area contributed by atoms with Crippen LogP contribution in [0.15, 0.2) is 59.6 Å². The number of carboxylic acids is 1. The van der Waals surface area contributed by atoms with E-state index < -0.39 is 60.2 Å². The lowest BCUT2D eigenvalue weighted by Crippen LogP contribution is -2.58. The number of nitrogens with one attached hydrogen (secondary N) is 3. The van der Waals surface area contributed by atoms with E-state index in [1.165, 1.54) is 12.1 Å². The highest BCUT2D eigenvalue weighted by Crippen LogP contribution is 2.12. The molecule has 0 bridgehead atoms. The quantitative estimate of drug-likeness (QED) is 0.0547. The third-order valence-electron chi connectivity index (χ3n) is 6.24. The number of guanidine groups is 1. The van der Waals surface area contributed by atoms with Crippen molar-refractivity contribution in [3.8, 4) is 5.75 Å². The van der Waals surface area contributed by atoms with Gasteiger partial charge in [0.15, 0.2) is 5.96 Å². The minimum Gasteiger partial charge on any atom is -0.508 e. The van der Waals surface area contributed by atoms with Gasteiger partial charge in [0.05, 0.1) is 12.5 Å². The Labute approximate surface area is 248 Å². The van der Waals surface area contributed by atoms with Gasteiger partial charge in [-0.05, 0) is 42.5 Å². The van der Waals surface area contributed by atoms with Crippen molar-refractivity contribution < 1.29 is 34.2 Å². The van der Waals surface area contributed by atoms with Crippen molar-refractivity contribution in [2.24, 2.45) is 27.9 Å². The number of carboxylic acid groups (broad SMARTS) is 1. The van der Waals surface area contributed by atoms with Gasteiger partial charge in [-0.3, -0.25) is 24.2 Å². The summed E-state index contributed by atoms with van der Waals surface area (Å²) in [6.07, 6.45) is -0.360. The maximum Gasteiger partial charge on any atom is 0.326 e. The van der Waals surface area contributed by atoms with Crippen molar-refractivity contribution in [2.75, 3.05) is 6.54 Å². The van der Waals surface area contributed by atoms with E-state index in [1.54, 1.807) is 36.4 Å². The third-order valence-corrected chi connectivity index (χ3v) is 6.24. The lowest BCUT2D eigenvalue weighted by molar-refractivity contribution is -0.142. The Balaban J connectivity index is 2.21. The number of nitrogens with two attached hydrogens (primary N) is 4. The molecular formula is C28H38N8O7. The van der Waals surface area contributed by atoms with Crippen LogP contribution in [0.25, 0.3) is 0 Å². The summed E-state index contributed by atoms with van der Waals surface area (Å²) in [5, 5.41) is 26.4. The summed E-state index contributed by atoms with van der Waals surface area (Å²) in [6.45, 7) is 0.120. The van der Waals surface area contributed by atoms with Crippen molar-refractivity contribution in [3.63, 3.8) is 0 Å². The normalized spacial score (nSPS) is 13.4. The average molecular weight is 599 g/mol. The molecule has 0 aliphatic rings. The number of phenolic OH excluding ortho intramolecular Hbond substituents is 1. The van der Waals surface area contributed by atoms with Crippen LogP contribution >= 0.6 is 0 Å². The molecule has 43 heavy (non-hydrogen) atoms. The fourth-order valence-electron chi connectivity index (χ4n) is 4.03. The van der Waals surface area contributed by atoms with Crippen molar-refractivity contribution >= 4 is 35.6 Å². The topological polar surface area (TPSA) is 278 Å². The summed E-state index contributed by atoms with van der Waals surface area (Å²) in [6, 6.07) is 9.67. The second kappa shape index (κ2) is 16.9. The molecule has 2 rings (SSSR count). The van der Waals surface area contributed by atoms with Crippen molar-refractivity contribution in [1.82, 2.24) is 16.0 Å². The number of aromatic hydroxyl groups is 1. The monoisotopic (exact) mass is 598 g/mol. The van der Waals surface area contributed by atoms with E-state index in [2.05, 4.69) is 20.9 Å². The van der Waals surface area contributed by atoms with Gasteiger partial charge < -0.3 is 49.1 Å². The van der Waals surface area contributed by atoms with Gasteiger partial charge in [0.1, 0.15) is 23.9 Å². The van der Waals surface area contributed by atoms with E-state index in [9.17, 15) is 34.2 Å². The van der Waals surface area contributed by atoms with Crippen molar-refractivity contribution in [3.05, 3.63) is 65.7 Å². The van der Waals surface area contributed by atoms with Crippen LogP contribution in [0.5, 0.6) is 5.75 Å². The van der Waals surface area contributed by atoms with E-state index in [-0.39, 0.29) is 43.9 Å². The molecule has 2 aromatic rings. The minimum absolute atomic E-state index is 0.0110. The van der Waals surface area contributed by atoms with E-state index in [0.29, 0.717) is 5.56 Å². The smallest absolute Gasteiger partial charge is 0.326 e. The number of hydrogen-bond acceptors (Lipinski definition) is 8. The Morgan fingerprint density at radius 3 is 1.88 bits per heavy atom. The standard InChI is InChI=1S/C28H38N8O7/c29-19(13-16-5-2-1-3-6-16)24(39)35-21(14-17-8-10-18(37)11-9-17)25(40)36-22(15-23(30)38)26(41)34-20(27(42)43)7-4-12-33-28(31)32/h1-3,5-6,8-11,19-22,37H,4,7,12-15,29H2,(H2,30,38)(H,34,41)(H,35,39)(H,36,40)(H,42,43)(H4,31,32,33). The molecule has 0 heterocycles. The first-order valence-corrected chi connectivity index (χ1v) is 13.4. The Bertz CT molecular complexity index is 1280. The Morgan fingerprint density at radius 2 is 1.30 bits per heavy atom. The van der Waals surface area contributed by atoms with Crippen molar-refractivity contribution in [2.45, 2.75) is 56.3 Å². The van der Waals surface area contributed by atoms with Crippen LogP contribution in [0, 0.1) is 0 Å². The van der Waals surface area contributed by atoms with Crippen LogP contribution in [0.2, 0.25) is 0 Å². The summed E-state index contributed by atoms with van der Waals surface area (Å²) in [5.74, 6) is -4.95. The highest BCUT2D eigenvalue weighted by Gasteiger charge is 2.31. The van der Waals surface area contributed by atoms with E-state index in [0.717, 1.165) is 5.56 Å². The molecule has 0 aromatic heterocycles. The average Bonchev–Trinajstić information content (AvgIpc) is 2.94. The van der Waals surface area contributed by atoms with Crippen LogP contribution < -0.4 is 38.9 Å². The molecule has 4 amide bonds. The fourth-order valence-corrected chi connectivity index (χ4v) is 4.03. The summed E-state index contributed by atoms with van der Waals surface area (Å²) >= 11 is 0. The van der Waals surface area contributed by atoms with E-state index in [4.69, 9.17) is 22.9 Å². The third kappa shape index (κ3) is 12.5. The molecule has 0 saturated carbocycles. The second-order valence-corrected chi connectivity index (χ2v) is 9.81. The fraction of sp³-hybridized carbons (Fsp3) is 0.357. The SMILES string of the molecule is NC(=O)CC(NC(=O)C(Cc1ccc(O)cc1)NC(=O)C(N)Cc1ccccc1)C(=O)NC(CCCN=C(N)N)C(=O)O. The lowest BCUT2D eigenvalue weighted by Gasteiger charge is -2.25. The Morgan fingerprint density at radius 1 is 0.744 bits per heavy atom. The number of carbonyl (C=O) groups excluding carboxylic acids is 4. The molecular weight excluding hydrogens is 560 g/mol. The first kappa shape index (κ1) is 34.0. The first-order valence-electron chi connectivity index (χ1n) is 13.4. The van der Waals surface area contributed by atoms with Gasteiger partial charge in [-0.2, -0.15) is 0 Å². The molecule has 0 aliphatic heterocycles. The highest BCUT2D eigenvalue weighted by atomic mass is 16.4. The van der Waals surface area contributed by atoms with Gasteiger partial charge in [-0.25, -0.2) is 4.79 Å². The van der Waals surface area contributed by atoms with Gasteiger partial charge in [0.2, 0.25) is 23.6 Å². The number of carbonyl (C=O) groups is 5. The molecule has 232 valence electrons. The lowest BCUT2D eigenvalue weighted by atomic mass is 10.0. The van der Waals surface area contributed by atoms with Crippen molar-refractivity contribution in [1.29, 1.82) is 0 Å². The molecule has 0 spiro atoms. The maximum atomic E-state index is 13.4.